The Morgan fingerprint density at radius 1 is 0.761 bits per heavy atom. The maximum atomic E-state index is 14.6. The molecule has 6 atom stereocenters. The number of aliphatic imine (C=N–C) groups is 1. The molecule has 0 unspecified atom stereocenters. The summed E-state index contributed by atoms with van der Waals surface area (Å²) in [5, 5.41) is 25.0. The van der Waals surface area contributed by atoms with Crippen LogP contribution in [0.4, 0.5) is 0 Å². The number of H-pyrrole nitrogens is 2. The van der Waals surface area contributed by atoms with Crippen molar-refractivity contribution in [2.24, 2.45) is 27.9 Å². The zero-order valence-corrected chi connectivity index (χ0v) is 38.9. The van der Waals surface area contributed by atoms with Gasteiger partial charge < -0.3 is 74.8 Å². The standard InChI is InChI=1S/C46H61N15O10/c47-30(19-27-21-53-31-11-5-4-10-29(27)31)40(66)57-32(12-6-16-52-46(49)50)42(68)60-35(20-28-22-51-25-56-28)45(71)61-17-7-13-36(61)44(70)58-33(14-15-37(48)62)43(69)59-34(18-26-8-2-1-3-9-26)41(67)55-23-38(63)54-24-39(64)65/h1-5,8-11,21-22,25,30,32-36,53H,6-7,12-20,23-24,47H2,(H2,48,62)(H,51,56)(H,54,63)(H,55,67)(H,57,66)(H,58,70)(H,59,69)(H,60,68)(H,64,65)(H4,49,50,52)/t30-,32-,33-,34-,35-,36-/m0/s1. The van der Waals surface area contributed by atoms with E-state index in [0.717, 1.165) is 16.5 Å². The monoisotopic (exact) mass is 983 g/mol. The number of para-hydroxylation sites is 1. The fraction of sp³-hybridized carbons (Fsp3) is 0.413. The number of nitrogens with one attached hydrogen (secondary N) is 8. The molecule has 1 aliphatic heterocycles. The molecule has 0 aliphatic carbocycles. The Kier molecular flexibility index (Phi) is 19.9. The number of carbonyl (C=O) groups is 9. The highest BCUT2D eigenvalue weighted by Gasteiger charge is 2.40. The van der Waals surface area contributed by atoms with Crippen LogP contribution in [0.2, 0.25) is 0 Å². The molecule has 0 saturated carbocycles. The van der Waals surface area contributed by atoms with Crippen LogP contribution < -0.4 is 54.8 Å². The van der Waals surface area contributed by atoms with Crippen molar-refractivity contribution >= 4 is 70.1 Å². The first-order valence-corrected chi connectivity index (χ1v) is 22.9. The topological polar surface area (TPSA) is 410 Å². The Labute approximate surface area is 407 Å². The van der Waals surface area contributed by atoms with Gasteiger partial charge in [0.25, 0.3) is 0 Å². The Bertz CT molecular complexity index is 2530. The van der Waals surface area contributed by atoms with Gasteiger partial charge in [-0.2, -0.15) is 0 Å². The van der Waals surface area contributed by atoms with Crippen LogP contribution in [-0.2, 0) is 62.4 Å². The second-order valence-corrected chi connectivity index (χ2v) is 16.9. The first-order chi connectivity index (χ1) is 34.0. The average Bonchev–Trinajstić information content (AvgIpc) is 4.14. The van der Waals surface area contributed by atoms with Crippen LogP contribution in [0.15, 0.2) is 78.3 Å². The number of nitrogens with zero attached hydrogens (tertiary/aromatic N) is 3. The van der Waals surface area contributed by atoms with Gasteiger partial charge in [-0.1, -0.05) is 48.5 Å². The molecule has 3 heterocycles. The van der Waals surface area contributed by atoms with Crippen molar-refractivity contribution in [3.63, 3.8) is 0 Å². The summed E-state index contributed by atoms with van der Waals surface area (Å²) < 4.78 is 0. The number of nitrogens with two attached hydrogens (primary N) is 4. The smallest absolute Gasteiger partial charge is 0.322 e. The Morgan fingerprint density at radius 3 is 2.14 bits per heavy atom. The minimum atomic E-state index is -1.45. The maximum Gasteiger partial charge on any atom is 0.322 e. The van der Waals surface area contributed by atoms with Crippen molar-refractivity contribution in [3.8, 4) is 0 Å². The summed E-state index contributed by atoms with van der Waals surface area (Å²) >= 11 is 0. The molecule has 1 aliphatic rings. The van der Waals surface area contributed by atoms with E-state index in [1.807, 2.05) is 24.3 Å². The fourth-order valence-electron chi connectivity index (χ4n) is 7.96. The second-order valence-electron chi connectivity index (χ2n) is 16.9. The summed E-state index contributed by atoms with van der Waals surface area (Å²) in [6.45, 7) is -1.10. The summed E-state index contributed by atoms with van der Waals surface area (Å²) in [5.41, 5.74) is 25.6. The van der Waals surface area contributed by atoms with E-state index in [1.165, 1.54) is 17.4 Å². The quantitative estimate of drug-likeness (QED) is 0.0159. The number of rotatable bonds is 27. The van der Waals surface area contributed by atoms with E-state index in [4.69, 9.17) is 28.0 Å². The summed E-state index contributed by atoms with van der Waals surface area (Å²) in [4.78, 5) is 134. The van der Waals surface area contributed by atoms with E-state index in [1.54, 1.807) is 36.5 Å². The van der Waals surface area contributed by atoms with Gasteiger partial charge in [-0.15, -0.1) is 0 Å². The molecule has 8 amide bonds. The highest BCUT2D eigenvalue weighted by Crippen LogP contribution is 2.22. The molecular weight excluding hydrogens is 923 g/mol. The fourth-order valence-corrected chi connectivity index (χ4v) is 7.96. The van der Waals surface area contributed by atoms with Crippen molar-refractivity contribution in [3.05, 3.63) is 90.1 Å². The van der Waals surface area contributed by atoms with E-state index < -0.39 is 103 Å². The number of amides is 8. The summed E-state index contributed by atoms with van der Waals surface area (Å²) in [6, 6.07) is 8.51. The number of carboxylic acid groups (broad SMARTS) is 1. The van der Waals surface area contributed by atoms with Crippen molar-refractivity contribution in [2.45, 2.75) is 94.0 Å². The number of hydrogen-bond acceptors (Lipinski definition) is 12. The molecule has 380 valence electrons. The van der Waals surface area contributed by atoms with Crippen molar-refractivity contribution in [1.29, 1.82) is 0 Å². The van der Waals surface area contributed by atoms with E-state index in [-0.39, 0.29) is 70.4 Å². The molecule has 25 nitrogen and oxygen atoms in total. The first kappa shape index (κ1) is 53.6. The van der Waals surface area contributed by atoms with Gasteiger partial charge in [-0.3, -0.25) is 48.1 Å². The Hall–Kier alpha value is -8.35. The highest BCUT2D eigenvalue weighted by atomic mass is 16.4. The molecule has 1 fully saturated rings. The molecule has 5 rings (SSSR count). The van der Waals surface area contributed by atoms with Crippen LogP contribution in [0.5, 0.6) is 0 Å². The average molecular weight is 984 g/mol. The number of primary amides is 1. The van der Waals surface area contributed by atoms with Gasteiger partial charge in [-0.25, -0.2) is 4.98 Å². The summed E-state index contributed by atoms with van der Waals surface area (Å²) in [7, 11) is 0. The van der Waals surface area contributed by atoms with Gasteiger partial charge in [0.2, 0.25) is 47.3 Å². The molecule has 2 aromatic carbocycles. The number of hydrogen-bond donors (Lipinski definition) is 13. The third-order valence-electron chi connectivity index (χ3n) is 11.5. The zero-order valence-electron chi connectivity index (χ0n) is 38.9. The number of imidazole rings is 1. The highest BCUT2D eigenvalue weighted by molar-refractivity contribution is 5.98. The minimum Gasteiger partial charge on any atom is -0.480 e. The minimum absolute atomic E-state index is 0.0403. The molecule has 0 radical (unpaired) electrons. The number of carbonyl (C=O) groups excluding carboxylic acids is 8. The van der Waals surface area contributed by atoms with Gasteiger partial charge in [0.1, 0.15) is 36.8 Å². The van der Waals surface area contributed by atoms with Gasteiger partial charge >= 0.3 is 5.97 Å². The molecule has 0 spiro atoms. The Morgan fingerprint density at radius 2 is 1.45 bits per heavy atom. The molecular formula is C46H61N15O10. The van der Waals surface area contributed by atoms with E-state index in [0.29, 0.717) is 17.7 Å². The third kappa shape index (κ3) is 16.7. The largest absolute Gasteiger partial charge is 0.480 e. The summed E-state index contributed by atoms with van der Waals surface area (Å²) in [6.07, 6.45) is 4.69. The Balaban J connectivity index is 1.32. The molecule has 1 saturated heterocycles. The molecule has 4 aromatic rings. The number of carboxylic acids is 1. The maximum absolute atomic E-state index is 14.6. The van der Waals surface area contributed by atoms with E-state index in [9.17, 15) is 43.2 Å². The SMILES string of the molecule is NC(=O)CC[C@H](NC(=O)[C@@H]1CCCN1C(=O)[C@H](Cc1cnc[nH]1)NC(=O)[C@H](CCCN=C(N)N)NC(=O)[C@@H](N)Cc1c[nH]c2ccccc12)C(=O)N[C@@H](Cc1ccccc1)C(=O)NCC(=O)NCC(=O)O. The predicted octanol–water partition coefficient (Wildman–Crippen LogP) is -3.19. The predicted molar refractivity (Wildman–Crippen MR) is 257 cm³/mol. The lowest BCUT2D eigenvalue weighted by molar-refractivity contribution is -0.142. The number of guanidine groups is 1. The van der Waals surface area contributed by atoms with Gasteiger partial charge in [0, 0.05) is 61.3 Å². The number of benzene rings is 2. The van der Waals surface area contributed by atoms with Crippen LogP contribution in [0.3, 0.4) is 0 Å². The number of aromatic amines is 2. The van der Waals surface area contributed by atoms with Gasteiger partial charge in [-0.05, 0) is 55.7 Å². The van der Waals surface area contributed by atoms with Gasteiger partial charge in [0.15, 0.2) is 5.96 Å². The molecule has 2 aromatic heterocycles. The normalized spacial score (nSPS) is 15.2. The van der Waals surface area contributed by atoms with Crippen LogP contribution in [0, 0.1) is 0 Å². The lowest BCUT2D eigenvalue weighted by Gasteiger charge is -2.31. The molecule has 71 heavy (non-hydrogen) atoms. The van der Waals surface area contributed by atoms with Crippen LogP contribution in [0.1, 0.15) is 55.3 Å². The number of aromatic nitrogens is 3. The van der Waals surface area contributed by atoms with Crippen LogP contribution in [-0.4, -0.2) is 147 Å². The van der Waals surface area contributed by atoms with Crippen molar-refractivity contribution in [2.75, 3.05) is 26.2 Å². The third-order valence-corrected chi connectivity index (χ3v) is 11.5. The van der Waals surface area contributed by atoms with Gasteiger partial charge in [0.05, 0.1) is 18.9 Å². The van der Waals surface area contributed by atoms with Crippen LogP contribution in [0.25, 0.3) is 10.9 Å². The summed E-state index contributed by atoms with van der Waals surface area (Å²) in [5.74, 6) is -7.57. The number of aliphatic carboxylic acids is 1. The number of likely N-dealkylation sites (tertiary alicyclic amines) is 1. The number of fused-ring (bicyclic) bond motifs is 1. The van der Waals surface area contributed by atoms with Crippen LogP contribution >= 0.6 is 0 Å². The zero-order chi connectivity index (χ0) is 51.5. The lowest BCUT2D eigenvalue weighted by atomic mass is 10.0. The molecule has 0 bridgehead atoms. The first-order valence-electron chi connectivity index (χ1n) is 22.9. The molecule has 17 N–H and O–H groups in total. The van der Waals surface area contributed by atoms with Crippen molar-refractivity contribution in [1.82, 2.24) is 51.8 Å². The van der Waals surface area contributed by atoms with E-state index in [2.05, 4.69) is 51.8 Å². The van der Waals surface area contributed by atoms with Crippen molar-refractivity contribution < 1.29 is 48.3 Å². The van der Waals surface area contributed by atoms with E-state index >= 15 is 0 Å². The molecule has 25 heteroatoms. The lowest BCUT2D eigenvalue weighted by Crippen LogP contribution is -2.60. The second kappa shape index (κ2) is 26.4.